The van der Waals surface area contributed by atoms with E-state index in [2.05, 4.69) is 24.2 Å². The van der Waals surface area contributed by atoms with Crippen LogP contribution in [0.4, 0.5) is 0 Å². The van der Waals surface area contributed by atoms with E-state index >= 15 is 0 Å². The Bertz CT molecular complexity index is 257. The molecule has 0 aliphatic carbocycles. The minimum absolute atomic E-state index is 0.448. The maximum Gasteiger partial charge on any atom is 0.0561 e. The molecule has 0 amide bonds. The normalized spacial score (nSPS) is 47.3. The highest BCUT2D eigenvalue weighted by Crippen LogP contribution is 2.34. The Kier molecular flexibility index (Phi) is 3.42. The van der Waals surface area contributed by atoms with Gasteiger partial charge in [-0.15, -0.1) is 0 Å². The van der Waals surface area contributed by atoms with Crippen LogP contribution in [-0.4, -0.2) is 48.8 Å². The first-order valence-corrected chi connectivity index (χ1v) is 7.32. The average Bonchev–Trinajstić information content (AvgIpc) is 2.52. The van der Waals surface area contributed by atoms with Crippen molar-refractivity contribution in [3.05, 3.63) is 0 Å². The summed E-state index contributed by atoms with van der Waals surface area (Å²) in [6.07, 6.45) is 8.40. The van der Waals surface area contributed by atoms with Crippen LogP contribution in [0.15, 0.2) is 0 Å². The molecule has 4 unspecified atom stereocenters. The highest BCUT2D eigenvalue weighted by Gasteiger charge is 2.39. The van der Waals surface area contributed by atoms with Gasteiger partial charge in [0.05, 0.1) is 6.10 Å². The second-order valence-corrected chi connectivity index (χ2v) is 6.29. The van der Waals surface area contributed by atoms with Crippen molar-refractivity contribution in [1.82, 2.24) is 10.2 Å². The molecule has 4 atom stereocenters. The summed E-state index contributed by atoms with van der Waals surface area (Å²) in [4.78, 5) is 2.62. The zero-order valence-electron chi connectivity index (χ0n) is 11.2. The van der Waals surface area contributed by atoms with E-state index in [0.717, 1.165) is 24.7 Å². The Morgan fingerprint density at radius 1 is 1.00 bits per heavy atom. The van der Waals surface area contributed by atoms with Gasteiger partial charge in [0.1, 0.15) is 0 Å². The number of nitrogens with one attached hydrogen (secondary N) is 1. The lowest BCUT2D eigenvalue weighted by molar-refractivity contribution is 0.00814. The summed E-state index contributed by atoms with van der Waals surface area (Å²) in [6, 6.07) is 3.16. The number of fused-ring (bicyclic) bond motifs is 2. The van der Waals surface area contributed by atoms with Crippen molar-refractivity contribution in [3.8, 4) is 0 Å². The monoisotopic (exact) mass is 238 g/mol. The second kappa shape index (κ2) is 4.87. The predicted molar refractivity (Wildman–Crippen MR) is 69.2 cm³/mol. The molecule has 3 fully saturated rings. The summed E-state index contributed by atoms with van der Waals surface area (Å²) in [5.74, 6) is 0. The summed E-state index contributed by atoms with van der Waals surface area (Å²) in [5.41, 5.74) is 0. The first kappa shape index (κ1) is 11.9. The fraction of sp³-hybridized carbons (Fsp3) is 1.00. The van der Waals surface area contributed by atoms with Crippen molar-refractivity contribution in [2.75, 3.05) is 13.7 Å². The van der Waals surface area contributed by atoms with Crippen LogP contribution < -0.4 is 5.32 Å². The van der Waals surface area contributed by atoms with Gasteiger partial charge >= 0.3 is 0 Å². The number of nitrogens with zero attached hydrogens (tertiary/aromatic N) is 1. The van der Waals surface area contributed by atoms with E-state index in [9.17, 15) is 0 Å². The van der Waals surface area contributed by atoms with Crippen molar-refractivity contribution in [3.63, 3.8) is 0 Å². The Labute approximate surface area is 105 Å². The number of hydrogen-bond acceptors (Lipinski definition) is 3. The third kappa shape index (κ3) is 2.51. The van der Waals surface area contributed by atoms with Crippen LogP contribution in [0.3, 0.4) is 0 Å². The molecule has 0 radical (unpaired) electrons. The highest BCUT2D eigenvalue weighted by atomic mass is 16.5. The van der Waals surface area contributed by atoms with E-state index in [1.54, 1.807) is 0 Å². The Morgan fingerprint density at radius 3 is 2.35 bits per heavy atom. The van der Waals surface area contributed by atoms with Gasteiger partial charge in [0.25, 0.3) is 0 Å². The van der Waals surface area contributed by atoms with E-state index in [1.807, 2.05) is 0 Å². The Balaban J connectivity index is 1.53. The SMILES string of the molecule is CC1CC(NC2CC3CCC(C2)N3C)CCO1. The van der Waals surface area contributed by atoms with Crippen molar-refractivity contribution in [1.29, 1.82) is 0 Å². The maximum absolute atomic E-state index is 5.62. The standard InChI is InChI=1S/C14H26N2O/c1-10-7-11(5-6-17-10)15-12-8-13-3-4-14(9-12)16(13)2/h10-15H,3-9H2,1-2H3. The molecule has 0 aromatic heterocycles. The summed E-state index contributed by atoms with van der Waals surface area (Å²) in [5, 5.41) is 3.90. The molecule has 0 aromatic carbocycles. The summed E-state index contributed by atoms with van der Waals surface area (Å²) < 4.78 is 5.62. The molecule has 98 valence electrons. The van der Waals surface area contributed by atoms with Crippen LogP contribution in [-0.2, 0) is 4.74 Å². The van der Waals surface area contributed by atoms with Gasteiger partial charge in [-0.05, 0) is 52.5 Å². The molecule has 3 saturated heterocycles. The third-order valence-electron chi connectivity index (χ3n) is 5.05. The molecule has 3 heteroatoms. The van der Waals surface area contributed by atoms with Crippen molar-refractivity contribution in [2.45, 2.75) is 75.7 Å². The molecule has 3 heterocycles. The second-order valence-electron chi connectivity index (χ2n) is 6.29. The summed E-state index contributed by atoms with van der Waals surface area (Å²) in [7, 11) is 2.31. The molecule has 0 saturated carbocycles. The van der Waals surface area contributed by atoms with Gasteiger partial charge in [0.2, 0.25) is 0 Å². The highest BCUT2D eigenvalue weighted by molar-refractivity contribution is 4.97. The van der Waals surface area contributed by atoms with Crippen LogP contribution in [0.2, 0.25) is 0 Å². The van der Waals surface area contributed by atoms with Gasteiger partial charge in [-0.2, -0.15) is 0 Å². The smallest absolute Gasteiger partial charge is 0.0561 e. The first-order valence-electron chi connectivity index (χ1n) is 7.32. The molecule has 3 nitrogen and oxygen atoms in total. The van der Waals surface area contributed by atoms with Crippen molar-refractivity contribution in [2.24, 2.45) is 0 Å². The molecule has 3 aliphatic rings. The fourth-order valence-electron chi connectivity index (χ4n) is 4.03. The first-order chi connectivity index (χ1) is 8.22. The van der Waals surface area contributed by atoms with Crippen LogP contribution in [0.25, 0.3) is 0 Å². The van der Waals surface area contributed by atoms with Gasteiger partial charge in [0.15, 0.2) is 0 Å². The van der Waals surface area contributed by atoms with E-state index < -0.39 is 0 Å². The average molecular weight is 238 g/mol. The minimum Gasteiger partial charge on any atom is -0.378 e. The molecule has 17 heavy (non-hydrogen) atoms. The maximum atomic E-state index is 5.62. The molecule has 3 rings (SSSR count). The molecule has 1 N–H and O–H groups in total. The fourth-order valence-corrected chi connectivity index (χ4v) is 4.03. The number of hydrogen-bond donors (Lipinski definition) is 1. The quantitative estimate of drug-likeness (QED) is 0.793. The number of ether oxygens (including phenoxy) is 1. The van der Waals surface area contributed by atoms with Gasteiger partial charge < -0.3 is 15.0 Å². The number of rotatable bonds is 2. The van der Waals surface area contributed by atoms with Crippen molar-refractivity contribution >= 4 is 0 Å². The van der Waals surface area contributed by atoms with Crippen LogP contribution >= 0.6 is 0 Å². The molecule has 0 spiro atoms. The van der Waals surface area contributed by atoms with Gasteiger partial charge in [-0.3, -0.25) is 0 Å². The van der Waals surface area contributed by atoms with Crippen LogP contribution in [0.5, 0.6) is 0 Å². The molecule has 3 aliphatic heterocycles. The zero-order valence-corrected chi connectivity index (χ0v) is 11.2. The molecule has 0 aromatic rings. The van der Waals surface area contributed by atoms with E-state index in [1.165, 1.54) is 38.5 Å². The van der Waals surface area contributed by atoms with E-state index in [-0.39, 0.29) is 0 Å². The van der Waals surface area contributed by atoms with E-state index in [0.29, 0.717) is 12.1 Å². The Morgan fingerprint density at radius 2 is 1.71 bits per heavy atom. The lowest BCUT2D eigenvalue weighted by Gasteiger charge is -2.39. The zero-order chi connectivity index (χ0) is 11.8. The minimum atomic E-state index is 0.448. The molecular weight excluding hydrogens is 212 g/mol. The predicted octanol–water partition coefficient (Wildman–Crippen LogP) is 1.77. The topological polar surface area (TPSA) is 24.5 Å². The van der Waals surface area contributed by atoms with Gasteiger partial charge in [0, 0.05) is 30.8 Å². The van der Waals surface area contributed by atoms with Gasteiger partial charge in [-0.1, -0.05) is 0 Å². The Hall–Kier alpha value is -0.120. The lowest BCUT2D eigenvalue weighted by atomic mass is 9.95. The summed E-state index contributed by atoms with van der Waals surface area (Å²) >= 11 is 0. The lowest BCUT2D eigenvalue weighted by Crippen LogP contribution is -2.51. The van der Waals surface area contributed by atoms with Gasteiger partial charge in [-0.25, -0.2) is 0 Å². The third-order valence-corrected chi connectivity index (χ3v) is 5.05. The summed E-state index contributed by atoms with van der Waals surface area (Å²) in [6.45, 7) is 3.14. The van der Waals surface area contributed by atoms with Crippen LogP contribution in [0, 0.1) is 0 Å². The van der Waals surface area contributed by atoms with Crippen molar-refractivity contribution < 1.29 is 4.74 Å². The van der Waals surface area contributed by atoms with Crippen LogP contribution in [0.1, 0.15) is 45.4 Å². The largest absolute Gasteiger partial charge is 0.378 e. The number of piperidine rings is 1. The van der Waals surface area contributed by atoms with E-state index in [4.69, 9.17) is 4.74 Å². The molecule has 2 bridgehead atoms. The molecular formula is C14H26N2O.